The van der Waals surface area contributed by atoms with Gasteiger partial charge in [-0.15, -0.1) is 0 Å². The summed E-state index contributed by atoms with van der Waals surface area (Å²) in [6.45, 7) is 0. The molecule has 1 aliphatic rings. The van der Waals surface area contributed by atoms with E-state index in [9.17, 15) is 0 Å². The summed E-state index contributed by atoms with van der Waals surface area (Å²) >= 11 is 1.74. The fourth-order valence-electron chi connectivity index (χ4n) is 1.30. The molecule has 3 heteroatoms. The van der Waals surface area contributed by atoms with Crippen molar-refractivity contribution in [3.63, 3.8) is 0 Å². The van der Waals surface area contributed by atoms with Crippen molar-refractivity contribution in [3.8, 4) is 0 Å². The van der Waals surface area contributed by atoms with Crippen molar-refractivity contribution in [2.45, 2.75) is 23.2 Å². The van der Waals surface area contributed by atoms with Gasteiger partial charge in [0.05, 0.1) is 6.26 Å². The summed E-state index contributed by atoms with van der Waals surface area (Å²) in [4.78, 5) is 1.21. The van der Waals surface area contributed by atoms with Crippen LogP contribution in [0.1, 0.15) is 12.8 Å². The molecule has 0 fully saturated rings. The Bertz CT molecular complexity index is 321. The second-order valence-electron chi connectivity index (χ2n) is 3.20. The van der Waals surface area contributed by atoms with Crippen molar-refractivity contribution in [1.29, 1.82) is 0 Å². The Balaban J connectivity index is 1.96. The highest BCUT2D eigenvalue weighted by Crippen LogP contribution is 2.29. The third-order valence-electron chi connectivity index (χ3n) is 2.04. The molecular formula is C11H13NOS. The minimum atomic E-state index is 0.253. The molecule has 0 bridgehead atoms. The maximum absolute atomic E-state index is 5.61. The number of anilines is 1. The van der Waals surface area contributed by atoms with Crippen LogP contribution in [0.25, 0.3) is 0 Å². The Kier molecular flexibility index (Phi) is 2.99. The molecule has 74 valence electrons. The highest BCUT2D eigenvalue weighted by Gasteiger charge is 2.11. The number of allylic oxidation sites excluding steroid dienone is 1. The van der Waals surface area contributed by atoms with Gasteiger partial charge in [-0.05, 0) is 43.2 Å². The number of rotatable bonds is 2. The van der Waals surface area contributed by atoms with Crippen LogP contribution in [0.5, 0.6) is 0 Å². The number of benzene rings is 1. The van der Waals surface area contributed by atoms with Gasteiger partial charge in [-0.2, -0.15) is 0 Å². The number of nitrogen functional groups attached to an aromatic ring is 1. The molecule has 0 aliphatic carbocycles. The van der Waals surface area contributed by atoms with Crippen LogP contribution < -0.4 is 5.73 Å². The SMILES string of the molecule is Nc1ccc(SC2CCC=CO2)cc1. The summed E-state index contributed by atoms with van der Waals surface area (Å²) in [7, 11) is 0. The second-order valence-corrected chi connectivity index (χ2v) is 4.43. The molecule has 2 nitrogen and oxygen atoms in total. The van der Waals surface area contributed by atoms with Crippen molar-refractivity contribution >= 4 is 17.4 Å². The monoisotopic (exact) mass is 207 g/mol. The number of nitrogens with two attached hydrogens (primary N) is 1. The smallest absolute Gasteiger partial charge is 0.148 e. The first-order valence-corrected chi connectivity index (χ1v) is 5.55. The van der Waals surface area contributed by atoms with Crippen LogP contribution in [0.3, 0.4) is 0 Å². The molecule has 1 unspecified atom stereocenters. The summed E-state index contributed by atoms with van der Waals surface area (Å²) < 4.78 is 5.46. The normalized spacial score (nSPS) is 20.4. The molecule has 0 radical (unpaired) electrons. The Morgan fingerprint density at radius 1 is 1.29 bits per heavy atom. The van der Waals surface area contributed by atoms with E-state index >= 15 is 0 Å². The third kappa shape index (κ3) is 2.45. The maximum Gasteiger partial charge on any atom is 0.148 e. The van der Waals surface area contributed by atoms with E-state index in [1.165, 1.54) is 4.90 Å². The van der Waals surface area contributed by atoms with Crippen molar-refractivity contribution in [1.82, 2.24) is 0 Å². The second kappa shape index (κ2) is 4.42. The molecule has 1 atom stereocenters. The lowest BCUT2D eigenvalue weighted by Gasteiger charge is -2.18. The van der Waals surface area contributed by atoms with E-state index in [1.54, 1.807) is 18.0 Å². The van der Waals surface area contributed by atoms with Crippen LogP contribution in [-0.2, 0) is 4.74 Å². The first-order chi connectivity index (χ1) is 6.84. The van der Waals surface area contributed by atoms with Crippen LogP contribution in [0.2, 0.25) is 0 Å². The topological polar surface area (TPSA) is 35.2 Å². The summed E-state index contributed by atoms with van der Waals surface area (Å²) in [5.41, 5.74) is 6.67. The standard InChI is InChI=1S/C11H13NOS/c12-9-4-6-10(7-5-9)14-11-3-1-2-8-13-11/h2,4-8,11H,1,3,12H2. The lowest BCUT2D eigenvalue weighted by molar-refractivity contribution is 0.200. The van der Waals surface area contributed by atoms with Crippen LogP contribution in [0.15, 0.2) is 41.5 Å². The molecule has 0 aromatic heterocycles. The average Bonchev–Trinajstić information content (AvgIpc) is 2.23. The van der Waals surface area contributed by atoms with E-state index in [0.29, 0.717) is 0 Å². The fourth-order valence-corrected chi connectivity index (χ4v) is 2.27. The molecule has 1 aromatic carbocycles. The van der Waals surface area contributed by atoms with Crippen molar-refractivity contribution < 1.29 is 4.74 Å². The van der Waals surface area contributed by atoms with Gasteiger partial charge < -0.3 is 10.5 Å². The van der Waals surface area contributed by atoms with Gasteiger partial charge in [0.1, 0.15) is 5.44 Å². The van der Waals surface area contributed by atoms with Gasteiger partial charge in [-0.25, -0.2) is 0 Å². The van der Waals surface area contributed by atoms with Gasteiger partial charge in [0.25, 0.3) is 0 Å². The Morgan fingerprint density at radius 2 is 2.07 bits per heavy atom. The average molecular weight is 207 g/mol. The van der Waals surface area contributed by atoms with Gasteiger partial charge in [0.2, 0.25) is 0 Å². The van der Waals surface area contributed by atoms with Gasteiger partial charge >= 0.3 is 0 Å². The Morgan fingerprint density at radius 3 is 2.71 bits per heavy atom. The largest absolute Gasteiger partial charge is 0.487 e. The van der Waals surface area contributed by atoms with E-state index in [1.807, 2.05) is 24.3 Å². The quantitative estimate of drug-likeness (QED) is 0.757. The maximum atomic E-state index is 5.61. The molecule has 2 N–H and O–H groups in total. The molecule has 1 aromatic rings. The molecule has 0 saturated heterocycles. The zero-order valence-corrected chi connectivity index (χ0v) is 8.67. The Labute approximate surface area is 88.1 Å². The molecule has 1 heterocycles. The summed E-state index contributed by atoms with van der Waals surface area (Å²) in [6.07, 6.45) is 6.02. The highest BCUT2D eigenvalue weighted by molar-refractivity contribution is 7.99. The summed E-state index contributed by atoms with van der Waals surface area (Å²) in [5, 5.41) is 0. The molecule has 0 amide bonds. The van der Waals surface area contributed by atoms with Gasteiger partial charge in [-0.1, -0.05) is 11.8 Å². The fraction of sp³-hybridized carbons (Fsp3) is 0.273. The number of hydrogen-bond donors (Lipinski definition) is 1. The van der Waals surface area contributed by atoms with Crippen molar-refractivity contribution in [3.05, 3.63) is 36.6 Å². The van der Waals surface area contributed by atoms with E-state index in [-0.39, 0.29) is 5.44 Å². The predicted molar refractivity (Wildman–Crippen MR) is 60.0 cm³/mol. The summed E-state index contributed by atoms with van der Waals surface area (Å²) in [6, 6.07) is 7.89. The highest BCUT2D eigenvalue weighted by atomic mass is 32.2. The van der Waals surface area contributed by atoms with E-state index in [4.69, 9.17) is 10.5 Å². The molecule has 2 rings (SSSR count). The van der Waals surface area contributed by atoms with Crippen molar-refractivity contribution in [2.75, 3.05) is 5.73 Å². The van der Waals surface area contributed by atoms with E-state index in [2.05, 4.69) is 6.08 Å². The van der Waals surface area contributed by atoms with Gasteiger partial charge in [0.15, 0.2) is 0 Å². The third-order valence-corrected chi connectivity index (χ3v) is 3.20. The van der Waals surface area contributed by atoms with E-state index < -0.39 is 0 Å². The molecule has 14 heavy (non-hydrogen) atoms. The van der Waals surface area contributed by atoms with E-state index in [0.717, 1.165) is 18.5 Å². The first kappa shape index (κ1) is 9.46. The minimum absolute atomic E-state index is 0.253. The lowest BCUT2D eigenvalue weighted by Crippen LogP contribution is -2.07. The van der Waals surface area contributed by atoms with Crippen LogP contribution in [0, 0.1) is 0 Å². The van der Waals surface area contributed by atoms with Crippen molar-refractivity contribution in [2.24, 2.45) is 0 Å². The predicted octanol–water partition coefficient (Wildman–Crippen LogP) is 3.01. The molecule has 0 spiro atoms. The van der Waals surface area contributed by atoms with Crippen LogP contribution in [-0.4, -0.2) is 5.44 Å². The number of thioether (sulfide) groups is 1. The zero-order valence-electron chi connectivity index (χ0n) is 7.85. The zero-order chi connectivity index (χ0) is 9.80. The molecule has 0 saturated carbocycles. The first-order valence-electron chi connectivity index (χ1n) is 4.67. The molecule has 1 aliphatic heterocycles. The number of hydrogen-bond acceptors (Lipinski definition) is 3. The Hall–Kier alpha value is -1.09. The van der Waals surface area contributed by atoms with Gasteiger partial charge in [-0.3, -0.25) is 0 Å². The van der Waals surface area contributed by atoms with Crippen LogP contribution >= 0.6 is 11.8 Å². The number of ether oxygens (including phenoxy) is 1. The summed E-state index contributed by atoms with van der Waals surface area (Å²) in [5.74, 6) is 0. The molecular weight excluding hydrogens is 194 g/mol. The van der Waals surface area contributed by atoms with Crippen LogP contribution in [0.4, 0.5) is 5.69 Å². The lowest BCUT2D eigenvalue weighted by atomic mass is 10.3. The van der Waals surface area contributed by atoms with Gasteiger partial charge in [0, 0.05) is 10.6 Å². The minimum Gasteiger partial charge on any atom is -0.487 e.